The van der Waals surface area contributed by atoms with Crippen molar-refractivity contribution < 1.29 is 39.5 Å². The third kappa shape index (κ3) is 8.84. The molecule has 3 aromatic rings. The van der Waals surface area contributed by atoms with E-state index >= 15 is 0 Å². The zero-order valence-corrected chi connectivity index (χ0v) is 22.8. The highest BCUT2D eigenvalue weighted by molar-refractivity contribution is 5.92. The van der Waals surface area contributed by atoms with Crippen LogP contribution in [0.3, 0.4) is 0 Å². The molecule has 4 atom stereocenters. The lowest BCUT2D eigenvalue weighted by molar-refractivity contribution is -0.252. The van der Waals surface area contributed by atoms with Crippen molar-refractivity contribution in [3.63, 3.8) is 0 Å². The molecule has 10 heteroatoms. The van der Waals surface area contributed by atoms with Gasteiger partial charge in [-0.05, 0) is 48.0 Å². The van der Waals surface area contributed by atoms with Gasteiger partial charge in [-0.15, -0.1) is 0 Å². The summed E-state index contributed by atoms with van der Waals surface area (Å²) in [5.74, 6) is -1.31. The second kappa shape index (κ2) is 14.2. The SMILES string of the molecule is CN(C[C@@H]1C[C@H](c2ccc(CO)cc2)O[C@H](c2ccc(NC(=O)CCC(=O)O)cc2)O1)C[C@@H](O)c1cccc(O)c1. The second-order valence-corrected chi connectivity index (χ2v) is 10.2. The van der Waals surface area contributed by atoms with Gasteiger partial charge in [-0.3, -0.25) is 9.59 Å². The lowest BCUT2D eigenvalue weighted by Crippen LogP contribution is -2.39. The summed E-state index contributed by atoms with van der Waals surface area (Å²) >= 11 is 0. The lowest BCUT2D eigenvalue weighted by atomic mass is 9.99. The van der Waals surface area contributed by atoms with Gasteiger partial charge in [0.15, 0.2) is 6.29 Å². The van der Waals surface area contributed by atoms with Crippen molar-refractivity contribution in [1.82, 2.24) is 4.90 Å². The van der Waals surface area contributed by atoms with E-state index < -0.39 is 18.4 Å². The first-order chi connectivity index (χ1) is 19.7. The number of benzene rings is 3. The highest BCUT2D eigenvalue weighted by atomic mass is 16.7. The third-order valence-electron chi connectivity index (χ3n) is 6.90. The number of rotatable bonds is 12. The second-order valence-electron chi connectivity index (χ2n) is 10.2. The number of carboxylic acids is 1. The number of amides is 1. The minimum absolute atomic E-state index is 0.0499. The smallest absolute Gasteiger partial charge is 0.303 e. The zero-order chi connectivity index (χ0) is 29.4. The minimum atomic E-state index is -1.03. The quantitative estimate of drug-likeness (QED) is 0.221. The number of carbonyl (C=O) groups is 2. The Labute approximate surface area is 238 Å². The van der Waals surface area contributed by atoms with E-state index in [-0.39, 0.29) is 43.3 Å². The highest BCUT2D eigenvalue weighted by Crippen LogP contribution is 2.38. The van der Waals surface area contributed by atoms with Crippen molar-refractivity contribution >= 4 is 17.6 Å². The molecule has 1 fully saturated rings. The van der Waals surface area contributed by atoms with Crippen LogP contribution in [0.5, 0.6) is 5.75 Å². The van der Waals surface area contributed by atoms with E-state index in [1.807, 2.05) is 36.2 Å². The number of nitrogens with one attached hydrogen (secondary N) is 1. The molecule has 1 heterocycles. The van der Waals surface area contributed by atoms with Crippen LogP contribution in [0.15, 0.2) is 72.8 Å². The first kappa shape index (κ1) is 30.2. The number of aliphatic hydroxyl groups is 2. The number of nitrogens with zero attached hydrogens (tertiary/aromatic N) is 1. The molecule has 3 aromatic carbocycles. The fourth-order valence-electron chi connectivity index (χ4n) is 4.76. The Hall–Kier alpha value is -3.80. The molecule has 1 aliphatic heterocycles. The van der Waals surface area contributed by atoms with Crippen molar-refractivity contribution in [1.29, 1.82) is 0 Å². The summed E-state index contributed by atoms with van der Waals surface area (Å²) in [6, 6.07) is 21.2. The van der Waals surface area contributed by atoms with Gasteiger partial charge in [0.05, 0.1) is 31.3 Å². The fraction of sp³-hybridized carbons (Fsp3) is 0.355. The third-order valence-corrected chi connectivity index (χ3v) is 6.90. The maximum atomic E-state index is 12.0. The summed E-state index contributed by atoms with van der Waals surface area (Å²) in [5, 5.41) is 41.4. The topological polar surface area (TPSA) is 149 Å². The van der Waals surface area contributed by atoms with Crippen LogP contribution in [0.4, 0.5) is 5.69 Å². The van der Waals surface area contributed by atoms with Crippen molar-refractivity contribution in [2.24, 2.45) is 0 Å². The van der Waals surface area contributed by atoms with Crippen LogP contribution in [0, 0.1) is 0 Å². The number of likely N-dealkylation sites (N-methyl/N-ethyl adjacent to an activating group) is 1. The monoisotopic (exact) mass is 564 g/mol. The van der Waals surface area contributed by atoms with Crippen LogP contribution in [0.25, 0.3) is 0 Å². The van der Waals surface area contributed by atoms with Crippen LogP contribution < -0.4 is 5.32 Å². The van der Waals surface area contributed by atoms with Crippen LogP contribution in [-0.4, -0.2) is 63.4 Å². The number of carboxylic acid groups (broad SMARTS) is 1. The average molecular weight is 565 g/mol. The van der Waals surface area contributed by atoms with Gasteiger partial charge in [0.25, 0.3) is 0 Å². The molecule has 0 spiro atoms. The van der Waals surface area contributed by atoms with E-state index in [1.165, 1.54) is 0 Å². The highest BCUT2D eigenvalue weighted by Gasteiger charge is 2.33. The van der Waals surface area contributed by atoms with Crippen LogP contribution in [0.2, 0.25) is 0 Å². The molecule has 4 rings (SSSR count). The van der Waals surface area contributed by atoms with Gasteiger partial charge in [0, 0.05) is 37.2 Å². The zero-order valence-electron chi connectivity index (χ0n) is 22.8. The van der Waals surface area contributed by atoms with E-state index in [0.29, 0.717) is 30.8 Å². The van der Waals surface area contributed by atoms with Gasteiger partial charge in [-0.1, -0.05) is 48.5 Å². The molecule has 0 saturated carbocycles. The number of anilines is 1. The molecule has 218 valence electrons. The average Bonchev–Trinajstić information content (AvgIpc) is 2.96. The van der Waals surface area contributed by atoms with Gasteiger partial charge < -0.3 is 40.1 Å². The molecular weight excluding hydrogens is 528 g/mol. The molecule has 10 nitrogen and oxygen atoms in total. The summed E-state index contributed by atoms with van der Waals surface area (Å²) < 4.78 is 12.7. The molecule has 1 amide bonds. The van der Waals surface area contributed by atoms with Gasteiger partial charge in [-0.25, -0.2) is 0 Å². The Bertz CT molecular complexity index is 1300. The Morgan fingerprint density at radius 3 is 2.37 bits per heavy atom. The van der Waals surface area contributed by atoms with E-state index in [4.69, 9.17) is 14.6 Å². The fourth-order valence-corrected chi connectivity index (χ4v) is 4.76. The van der Waals surface area contributed by atoms with Crippen LogP contribution in [0.1, 0.15) is 60.0 Å². The Morgan fingerprint density at radius 2 is 1.71 bits per heavy atom. The molecule has 0 bridgehead atoms. The van der Waals surface area contributed by atoms with Crippen molar-refractivity contribution in [2.75, 3.05) is 25.5 Å². The molecule has 0 radical (unpaired) electrons. The van der Waals surface area contributed by atoms with Crippen LogP contribution in [-0.2, 0) is 25.7 Å². The predicted octanol–water partition coefficient (Wildman–Crippen LogP) is 3.90. The number of hydrogen-bond acceptors (Lipinski definition) is 8. The summed E-state index contributed by atoms with van der Waals surface area (Å²) in [7, 11) is 1.90. The normalized spacial score (nSPS) is 19.6. The first-order valence-corrected chi connectivity index (χ1v) is 13.5. The van der Waals surface area contributed by atoms with Gasteiger partial charge in [0.2, 0.25) is 5.91 Å². The summed E-state index contributed by atoms with van der Waals surface area (Å²) in [6.07, 6.45) is -1.80. The number of ether oxygens (including phenoxy) is 2. The lowest BCUT2D eigenvalue weighted by Gasteiger charge is -2.38. The number of aromatic hydroxyl groups is 1. The van der Waals surface area contributed by atoms with E-state index in [9.17, 15) is 24.9 Å². The van der Waals surface area contributed by atoms with Crippen molar-refractivity contribution in [3.8, 4) is 5.75 Å². The van der Waals surface area contributed by atoms with Crippen molar-refractivity contribution in [2.45, 2.75) is 50.5 Å². The maximum absolute atomic E-state index is 12.0. The van der Waals surface area contributed by atoms with E-state index in [1.54, 1.807) is 48.5 Å². The Balaban J connectivity index is 1.46. The minimum Gasteiger partial charge on any atom is -0.508 e. The summed E-state index contributed by atoms with van der Waals surface area (Å²) in [6.45, 7) is 0.797. The molecular formula is C31H36N2O8. The molecule has 0 unspecified atom stereocenters. The van der Waals surface area contributed by atoms with E-state index in [2.05, 4.69) is 5.32 Å². The molecule has 0 aromatic heterocycles. The number of phenols is 1. The maximum Gasteiger partial charge on any atom is 0.303 e. The number of phenolic OH excluding ortho intramolecular Hbond substituents is 1. The molecule has 0 aliphatic carbocycles. The molecule has 5 N–H and O–H groups in total. The number of aliphatic carboxylic acids is 1. The van der Waals surface area contributed by atoms with Crippen LogP contribution >= 0.6 is 0 Å². The molecule has 41 heavy (non-hydrogen) atoms. The number of aliphatic hydroxyl groups excluding tert-OH is 2. The van der Waals surface area contributed by atoms with E-state index in [0.717, 1.165) is 16.7 Å². The molecule has 1 aliphatic rings. The summed E-state index contributed by atoms with van der Waals surface area (Å²) in [5.41, 5.74) is 3.66. The van der Waals surface area contributed by atoms with Gasteiger partial charge in [0.1, 0.15) is 5.75 Å². The van der Waals surface area contributed by atoms with Gasteiger partial charge in [-0.2, -0.15) is 0 Å². The number of carbonyl (C=O) groups excluding carboxylic acids is 1. The largest absolute Gasteiger partial charge is 0.508 e. The number of hydrogen-bond donors (Lipinski definition) is 5. The predicted molar refractivity (Wildman–Crippen MR) is 151 cm³/mol. The van der Waals surface area contributed by atoms with Crippen molar-refractivity contribution in [3.05, 3.63) is 95.1 Å². The Morgan fingerprint density at radius 1 is 1.00 bits per heavy atom. The first-order valence-electron chi connectivity index (χ1n) is 13.5. The summed E-state index contributed by atoms with van der Waals surface area (Å²) in [4.78, 5) is 24.7. The standard InChI is InChI=1S/C31H36N2O8/c1-33(18-27(36)23-3-2-4-25(35)15-23)17-26-16-28(21-7-5-20(19-34)6-8-21)41-31(40-26)22-9-11-24(12-10-22)32-29(37)13-14-30(38)39/h2-12,15,26-28,31,34-36H,13-14,16-19H2,1H3,(H,32,37)(H,38,39)/t26-,27+,28+,31+/m0/s1. The molecule has 1 saturated heterocycles. The van der Waals surface area contributed by atoms with Gasteiger partial charge >= 0.3 is 5.97 Å². The Kier molecular flexibility index (Phi) is 10.4.